The van der Waals surface area contributed by atoms with Gasteiger partial charge in [-0.3, -0.25) is 9.59 Å². The molecule has 0 aliphatic carbocycles. The molecule has 2 amide bonds. The average molecular weight is 354 g/mol. The third-order valence-electron chi connectivity index (χ3n) is 4.17. The van der Waals surface area contributed by atoms with E-state index in [2.05, 4.69) is 0 Å². The van der Waals surface area contributed by atoms with Crippen LogP contribution >= 0.6 is 0 Å². The summed E-state index contributed by atoms with van der Waals surface area (Å²) in [6, 6.07) is 16.8. The van der Waals surface area contributed by atoms with E-state index in [0.29, 0.717) is 36.8 Å². The summed E-state index contributed by atoms with van der Waals surface area (Å²) < 4.78 is 5.95. The van der Waals surface area contributed by atoms with Crippen LogP contribution < -0.4 is 9.64 Å². The summed E-state index contributed by atoms with van der Waals surface area (Å²) in [6.45, 7) is 7.06. The first-order chi connectivity index (χ1) is 12.6. The van der Waals surface area contributed by atoms with Crippen LogP contribution in [0.2, 0.25) is 0 Å². The number of amides is 2. The molecule has 2 aromatic carbocycles. The number of rotatable bonds is 8. The number of benzene rings is 2. The van der Waals surface area contributed by atoms with Crippen molar-refractivity contribution in [1.82, 2.24) is 4.90 Å². The molecule has 0 fully saturated rings. The minimum Gasteiger partial charge on any atom is -0.455 e. The normalized spacial score (nSPS) is 10.3. The fourth-order valence-electron chi connectivity index (χ4n) is 2.77. The van der Waals surface area contributed by atoms with Gasteiger partial charge >= 0.3 is 0 Å². The Labute approximate surface area is 155 Å². The van der Waals surface area contributed by atoms with E-state index in [4.69, 9.17) is 4.74 Å². The molecule has 0 saturated carbocycles. The molecule has 0 N–H and O–H groups in total. The van der Waals surface area contributed by atoms with Crippen molar-refractivity contribution < 1.29 is 14.3 Å². The molecule has 26 heavy (non-hydrogen) atoms. The molecule has 0 radical (unpaired) electrons. The summed E-state index contributed by atoms with van der Waals surface area (Å²) >= 11 is 0. The first-order valence-electron chi connectivity index (χ1n) is 8.94. The van der Waals surface area contributed by atoms with Crippen LogP contribution in [0.5, 0.6) is 11.5 Å². The second-order valence-electron chi connectivity index (χ2n) is 5.87. The monoisotopic (exact) mass is 354 g/mol. The van der Waals surface area contributed by atoms with E-state index < -0.39 is 0 Å². The number of hydrogen-bond donors (Lipinski definition) is 0. The van der Waals surface area contributed by atoms with Gasteiger partial charge in [0.1, 0.15) is 5.75 Å². The first kappa shape index (κ1) is 19.5. The summed E-state index contributed by atoms with van der Waals surface area (Å²) in [5, 5.41) is 0. The zero-order valence-electron chi connectivity index (χ0n) is 15.6. The second kappa shape index (κ2) is 9.61. The molecule has 0 atom stereocenters. The number of carbonyl (C=O) groups excluding carboxylic acids is 2. The lowest BCUT2D eigenvalue weighted by molar-refractivity contribution is -0.130. The maximum absolute atomic E-state index is 12.3. The van der Waals surface area contributed by atoms with E-state index in [1.165, 1.54) is 6.92 Å². The van der Waals surface area contributed by atoms with Crippen LogP contribution in [0.4, 0.5) is 5.69 Å². The zero-order chi connectivity index (χ0) is 18.9. The van der Waals surface area contributed by atoms with Crippen molar-refractivity contribution in [3.63, 3.8) is 0 Å². The molecule has 0 spiro atoms. The van der Waals surface area contributed by atoms with Crippen molar-refractivity contribution >= 4 is 17.5 Å². The highest BCUT2D eigenvalue weighted by Crippen LogP contribution is 2.32. The Bertz CT molecular complexity index is 727. The van der Waals surface area contributed by atoms with Gasteiger partial charge in [-0.05, 0) is 38.1 Å². The van der Waals surface area contributed by atoms with E-state index in [9.17, 15) is 9.59 Å². The maximum atomic E-state index is 12.3. The van der Waals surface area contributed by atoms with Crippen LogP contribution in [0, 0.1) is 0 Å². The summed E-state index contributed by atoms with van der Waals surface area (Å²) in [5.74, 6) is 1.20. The summed E-state index contributed by atoms with van der Waals surface area (Å²) in [6.07, 6.45) is 0.279. The number of para-hydroxylation sites is 3. The lowest BCUT2D eigenvalue weighted by atomic mass is 10.2. The molecule has 0 saturated heterocycles. The lowest BCUT2D eigenvalue weighted by Crippen LogP contribution is -2.36. The van der Waals surface area contributed by atoms with Gasteiger partial charge in [0.25, 0.3) is 0 Å². The Hall–Kier alpha value is -2.82. The van der Waals surface area contributed by atoms with E-state index in [-0.39, 0.29) is 18.2 Å². The molecule has 0 heterocycles. The highest BCUT2D eigenvalue weighted by molar-refractivity contribution is 5.94. The van der Waals surface area contributed by atoms with Crippen LogP contribution in [0.1, 0.15) is 27.2 Å². The van der Waals surface area contributed by atoms with Crippen LogP contribution in [-0.2, 0) is 9.59 Å². The van der Waals surface area contributed by atoms with Crippen LogP contribution in [0.15, 0.2) is 54.6 Å². The van der Waals surface area contributed by atoms with Crippen molar-refractivity contribution in [2.24, 2.45) is 0 Å². The number of ether oxygens (including phenoxy) is 1. The van der Waals surface area contributed by atoms with Crippen LogP contribution in [0.3, 0.4) is 0 Å². The molecule has 5 heteroatoms. The maximum Gasteiger partial charge on any atom is 0.224 e. The summed E-state index contributed by atoms with van der Waals surface area (Å²) in [4.78, 5) is 27.9. The van der Waals surface area contributed by atoms with Crippen molar-refractivity contribution in [2.75, 3.05) is 24.5 Å². The number of hydrogen-bond acceptors (Lipinski definition) is 3. The lowest BCUT2D eigenvalue weighted by Gasteiger charge is -2.25. The van der Waals surface area contributed by atoms with Crippen molar-refractivity contribution in [3.8, 4) is 11.5 Å². The van der Waals surface area contributed by atoms with E-state index in [0.717, 1.165) is 0 Å². The molecule has 5 nitrogen and oxygen atoms in total. The largest absolute Gasteiger partial charge is 0.455 e. The van der Waals surface area contributed by atoms with E-state index in [1.807, 2.05) is 68.4 Å². The van der Waals surface area contributed by atoms with Gasteiger partial charge in [-0.25, -0.2) is 0 Å². The predicted molar refractivity (Wildman–Crippen MR) is 104 cm³/mol. The van der Waals surface area contributed by atoms with E-state index >= 15 is 0 Å². The zero-order valence-corrected chi connectivity index (χ0v) is 15.6. The fraction of sp³-hybridized carbons (Fsp3) is 0.333. The molecule has 0 aliphatic heterocycles. The standard InChI is InChI=1S/C21H26N2O3/c1-4-22(5-2)21(25)15-16-23(17(3)24)19-13-9-10-14-20(19)26-18-11-7-6-8-12-18/h6-14H,4-5,15-16H2,1-3H3. The van der Waals surface area contributed by atoms with Crippen molar-refractivity contribution in [2.45, 2.75) is 27.2 Å². The van der Waals surface area contributed by atoms with Gasteiger partial charge < -0.3 is 14.5 Å². The number of anilines is 1. The molecule has 0 bridgehead atoms. The molecule has 2 aromatic rings. The third-order valence-corrected chi connectivity index (χ3v) is 4.17. The number of carbonyl (C=O) groups is 2. The Morgan fingerprint density at radius 3 is 2.15 bits per heavy atom. The quantitative estimate of drug-likeness (QED) is 0.717. The van der Waals surface area contributed by atoms with Gasteiger partial charge in [-0.1, -0.05) is 30.3 Å². The SMILES string of the molecule is CCN(CC)C(=O)CCN(C(C)=O)c1ccccc1Oc1ccccc1. The molecular weight excluding hydrogens is 328 g/mol. The van der Waals surface area contributed by atoms with Crippen LogP contribution in [0.25, 0.3) is 0 Å². The van der Waals surface area contributed by atoms with Gasteiger partial charge in [-0.15, -0.1) is 0 Å². The van der Waals surface area contributed by atoms with Gasteiger partial charge in [0, 0.05) is 33.0 Å². The topological polar surface area (TPSA) is 49.9 Å². The Balaban J connectivity index is 2.19. The van der Waals surface area contributed by atoms with Crippen LogP contribution in [-0.4, -0.2) is 36.3 Å². The molecule has 0 aromatic heterocycles. The molecule has 2 rings (SSSR count). The van der Waals surface area contributed by atoms with Gasteiger partial charge in [0.05, 0.1) is 5.69 Å². The number of nitrogens with zero attached hydrogens (tertiary/aromatic N) is 2. The minimum absolute atomic E-state index is 0.0442. The molecule has 138 valence electrons. The second-order valence-corrected chi connectivity index (χ2v) is 5.87. The van der Waals surface area contributed by atoms with Gasteiger partial charge in [0.15, 0.2) is 5.75 Å². The highest BCUT2D eigenvalue weighted by Gasteiger charge is 2.19. The van der Waals surface area contributed by atoms with Crippen molar-refractivity contribution in [3.05, 3.63) is 54.6 Å². The van der Waals surface area contributed by atoms with E-state index in [1.54, 1.807) is 9.80 Å². The fourth-order valence-corrected chi connectivity index (χ4v) is 2.77. The first-order valence-corrected chi connectivity index (χ1v) is 8.94. The Morgan fingerprint density at radius 1 is 0.923 bits per heavy atom. The predicted octanol–water partition coefficient (Wildman–Crippen LogP) is 4.09. The van der Waals surface area contributed by atoms with Gasteiger partial charge in [0.2, 0.25) is 11.8 Å². The smallest absolute Gasteiger partial charge is 0.224 e. The Kier molecular flexibility index (Phi) is 7.21. The van der Waals surface area contributed by atoms with Crippen molar-refractivity contribution in [1.29, 1.82) is 0 Å². The minimum atomic E-state index is -0.124. The average Bonchev–Trinajstić information content (AvgIpc) is 2.65. The third kappa shape index (κ3) is 5.09. The summed E-state index contributed by atoms with van der Waals surface area (Å²) in [7, 11) is 0. The molecular formula is C21H26N2O3. The summed E-state index contributed by atoms with van der Waals surface area (Å²) in [5.41, 5.74) is 0.663. The molecule has 0 aliphatic rings. The Morgan fingerprint density at radius 2 is 1.54 bits per heavy atom. The highest BCUT2D eigenvalue weighted by atomic mass is 16.5. The van der Waals surface area contributed by atoms with Gasteiger partial charge in [-0.2, -0.15) is 0 Å². The molecule has 0 unspecified atom stereocenters.